The van der Waals surface area contributed by atoms with E-state index in [9.17, 15) is 14.4 Å². The van der Waals surface area contributed by atoms with E-state index in [1.54, 1.807) is 18.2 Å². The second kappa shape index (κ2) is 7.12. The third-order valence-electron chi connectivity index (χ3n) is 5.33. The number of para-hydroxylation sites is 1. The zero-order valence-electron chi connectivity index (χ0n) is 16.4. The number of amides is 3. The Balaban J connectivity index is 1.51. The average molecular weight is 391 g/mol. The molecule has 3 amide bonds. The molecule has 2 atom stereocenters. The van der Waals surface area contributed by atoms with Crippen LogP contribution in [0.3, 0.4) is 0 Å². The minimum absolute atomic E-state index is 0.168. The summed E-state index contributed by atoms with van der Waals surface area (Å²) >= 11 is 0. The number of imide groups is 1. The maximum absolute atomic E-state index is 13.0. The molecule has 0 aliphatic carbocycles. The van der Waals surface area contributed by atoms with E-state index in [0.29, 0.717) is 11.4 Å². The number of hydrogen-bond acceptors (Lipinski definition) is 6. The number of rotatable bonds is 4. The van der Waals surface area contributed by atoms with Crippen molar-refractivity contribution in [2.24, 2.45) is 10.3 Å². The zero-order valence-corrected chi connectivity index (χ0v) is 16.4. The molecular weight excluding hydrogens is 370 g/mol. The highest BCUT2D eigenvalue weighted by Crippen LogP contribution is 2.32. The lowest BCUT2D eigenvalue weighted by atomic mass is 10.1. The fourth-order valence-corrected chi connectivity index (χ4v) is 3.52. The molecule has 2 heterocycles. The largest absolute Gasteiger partial charge is 0.324 e. The van der Waals surface area contributed by atoms with Gasteiger partial charge in [-0.15, -0.1) is 0 Å². The molecule has 0 spiro atoms. The van der Waals surface area contributed by atoms with Crippen molar-refractivity contribution in [1.82, 2.24) is 5.01 Å². The standard InChI is InChI=1S/C21H21N5O3/c1-12-8-9-15(10-14(12)3)26-20(28)18-19(21(26)29)25(24-23-18)11-17(27)22-16-7-5-4-6-13(16)2/h4-10,18-19H,11H2,1-3H3,(H,22,27). The molecule has 2 aromatic carbocycles. The SMILES string of the molecule is Cc1ccc(N2C(=O)C3N=NN(CC(=O)Nc4ccccc4C)C3C2=O)cc1C. The van der Waals surface area contributed by atoms with E-state index in [4.69, 9.17) is 0 Å². The Morgan fingerprint density at radius 3 is 2.48 bits per heavy atom. The van der Waals surface area contributed by atoms with Crippen molar-refractivity contribution in [3.63, 3.8) is 0 Å². The van der Waals surface area contributed by atoms with Gasteiger partial charge in [-0.25, -0.2) is 4.90 Å². The summed E-state index contributed by atoms with van der Waals surface area (Å²) in [6.45, 7) is 5.61. The van der Waals surface area contributed by atoms with Gasteiger partial charge in [0, 0.05) is 5.69 Å². The number of hydrogen-bond donors (Lipinski definition) is 1. The van der Waals surface area contributed by atoms with E-state index in [1.165, 1.54) is 5.01 Å². The molecule has 4 rings (SSSR count). The molecule has 2 aromatic rings. The van der Waals surface area contributed by atoms with Crippen molar-refractivity contribution in [2.45, 2.75) is 32.9 Å². The predicted molar refractivity (Wildman–Crippen MR) is 107 cm³/mol. The fraction of sp³-hybridized carbons (Fsp3) is 0.286. The van der Waals surface area contributed by atoms with E-state index in [1.807, 2.05) is 45.0 Å². The first-order chi connectivity index (χ1) is 13.9. The van der Waals surface area contributed by atoms with Crippen LogP contribution < -0.4 is 10.2 Å². The van der Waals surface area contributed by atoms with E-state index in [0.717, 1.165) is 21.6 Å². The van der Waals surface area contributed by atoms with Crippen LogP contribution in [-0.2, 0) is 14.4 Å². The first-order valence-electron chi connectivity index (χ1n) is 9.35. The lowest BCUT2D eigenvalue weighted by Crippen LogP contribution is -2.43. The Morgan fingerprint density at radius 1 is 1.00 bits per heavy atom. The monoisotopic (exact) mass is 391 g/mol. The van der Waals surface area contributed by atoms with Gasteiger partial charge < -0.3 is 5.32 Å². The molecule has 1 saturated heterocycles. The molecule has 148 valence electrons. The van der Waals surface area contributed by atoms with Gasteiger partial charge in [0.15, 0.2) is 12.1 Å². The second-order valence-electron chi connectivity index (χ2n) is 7.34. The van der Waals surface area contributed by atoms with Crippen LogP contribution in [0.5, 0.6) is 0 Å². The normalized spacial score (nSPS) is 20.4. The van der Waals surface area contributed by atoms with Crippen molar-refractivity contribution < 1.29 is 14.4 Å². The lowest BCUT2D eigenvalue weighted by Gasteiger charge is -2.20. The van der Waals surface area contributed by atoms with Crippen LogP contribution in [0.25, 0.3) is 0 Å². The van der Waals surface area contributed by atoms with Crippen LogP contribution in [0.2, 0.25) is 0 Å². The van der Waals surface area contributed by atoms with Crippen LogP contribution in [0.1, 0.15) is 16.7 Å². The molecule has 0 bridgehead atoms. The van der Waals surface area contributed by atoms with E-state index in [-0.39, 0.29) is 12.5 Å². The summed E-state index contributed by atoms with van der Waals surface area (Å²) in [5.74, 6) is -1.17. The summed E-state index contributed by atoms with van der Waals surface area (Å²) in [7, 11) is 0. The van der Waals surface area contributed by atoms with Gasteiger partial charge in [-0.05, 0) is 55.7 Å². The minimum Gasteiger partial charge on any atom is -0.324 e. The molecule has 8 nitrogen and oxygen atoms in total. The Bertz CT molecular complexity index is 1050. The number of benzene rings is 2. The van der Waals surface area contributed by atoms with Gasteiger partial charge in [0.2, 0.25) is 5.91 Å². The fourth-order valence-electron chi connectivity index (χ4n) is 3.52. The molecular formula is C21H21N5O3. The number of carbonyl (C=O) groups excluding carboxylic acids is 3. The van der Waals surface area contributed by atoms with Crippen molar-refractivity contribution in [3.05, 3.63) is 59.2 Å². The Morgan fingerprint density at radius 2 is 1.76 bits per heavy atom. The van der Waals surface area contributed by atoms with Crippen molar-refractivity contribution in [1.29, 1.82) is 0 Å². The second-order valence-corrected chi connectivity index (χ2v) is 7.34. The molecule has 2 aliphatic rings. The van der Waals surface area contributed by atoms with E-state index >= 15 is 0 Å². The smallest absolute Gasteiger partial charge is 0.263 e. The number of aryl methyl sites for hydroxylation is 3. The first-order valence-corrected chi connectivity index (χ1v) is 9.35. The van der Waals surface area contributed by atoms with Crippen molar-refractivity contribution in [2.75, 3.05) is 16.8 Å². The molecule has 8 heteroatoms. The highest BCUT2D eigenvalue weighted by Gasteiger charge is 2.55. The molecule has 2 unspecified atom stereocenters. The van der Waals surface area contributed by atoms with E-state index < -0.39 is 23.9 Å². The molecule has 2 aliphatic heterocycles. The summed E-state index contributed by atoms with van der Waals surface area (Å²) in [4.78, 5) is 39.4. The first kappa shape index (κ1) is 18.8. The highest BCUT2D eigenvalue weighted by molar-refractivity contribution is 6.25. The topological polar surface area (TPSA) is 94.4 Å². The van der Waals surface area contributed by atoms with Gasteiger partial charge in [-0.3, -0.25) is 19.4 Å². The number of nitrogens with one attached hydrogen (secondary N) is 1. The summed E-state index contributed by atoms with van der Waals surface area (Å²) in [5, 5.41) is 12.0. The lowest BCUT2D eigenvalue weighted by molar-refractivity contribution is -0.123. The van der Waals surface area contributed by atoms with Gasteiger partial charge in [0.1, 0.15) is 6.54 Å². The molecule has 0 radical (unpaired) electrons. The number of nitrogens with zero attached hydrogens (tertiary/aromatic N) is 4. The maximum atomic E-state index is 13.0. The van der Waals surface area contributed by atoms with Crippen LogP contribution in [-0.4, -0.2) is 41.4 Å². The van der Waals surface area contributed by atoms with Crippen molar-refractivity contribution >= 4 is 29.1 Å². The van der Waals surface area contributed by atoms with Gasteiger partial charge in [0.25, 0.3) is 11.8 Å². The summed E-state index contributed by atoms with van der Waals surface area (Å²) < 4.78 is 0. The van der Waals surface area contributed by atoms with Crippen molar-refractivity contribution in [3.8, 4) is 0 Å². The van der Waals surface area contributed by atoms with Crippen LogP contribution >= 0.6 is 0 Å². The molecule has 0 saturated carbocycles. The Hall–Kier alpha value is -3.55. The maximum Gasteiger partial charge on any atom is 0.263 e. The summed E-state index contributed by atoms with van der Waals surface area (Å²) in [6.07, 6.45) is 0. The van der Waals surface area contributed by atoms with Gasteiger partial charge in [0.05, 0.1) is 5.69 Å². The molecule has 1 N–H and O–H groups in total. The molecule has 29 heavy (non-hydrogen) atoms. The Labute approximate surface area is 168 Å². The Kier molecular flexibility index (Phi) is 4.62. The highest BCUT2D eigenvalue weighted by atomic mass is 16.2. The number of fused-ring (bicyclic) bond motifs is 1. The quantitative estimate of drug-likeness (QED) is 0.811. The average Bonchev–Trinajstić information content (AvgIpc) is 3.20. The summed E-state index contributed by atoms with van der Waals surface area (Å²) in [5.41, 5.74) is 4.18. The van der Waals surface area contributed by atoms with Gasteiger partial charge in [-0.2, -0.15) is 5.11 Å². The van der Waals surface area contributed by atoms with Gasteiger partial charge >= 0.3 is 0 Å². The third kappa shape index (κ3) is 3.26. The predicted octanol–water partition coefficient (Wildman–Crippen LogP) is 2.54. The zero-order chi connectivity index (χ0) is 20.7. The molecule has 1 fully saturated rings. The number of carbonyl (C=O) groups is 3. The van der Waals surface area contributed by atoms with Crippen LogP contribution in [0.4, 0.5) is 11.4 Å². The minimum atomic E-state index is -0.921. The van der Waals surface area contributed by atoms with E-state index in [2.05, 4.69) is 15.7 Å². The van der Waals surface area contributed by atoms with Gasteiger partial charge in [-0.1, -0.05) is 29.5 Å². The summed E-state index contributed by atoms with van der Waals surface area (Å²) in [6, 6.07) is 11.0. The van der Waals surface area contributed by atoms with Crippen LogP contribution in [0, 0.1) is 20.8 Å². The third-order valence-corrected chi connectivity index (χ3v) is 5.33. The number of anilines is 2. The van der Waals surface area contributed by atoms with Crippen LogP contribution in [0.15, 0.2) is 52.8 Å². The molecule has 0 aromatic heterocycles.